The van der Waals surface area contributed by atoms with Crippen molar-refractivity contribution in [3.05, 3.63) is 69.3 Å². The minimum absolute atomic E-state index is 0.0319. The Bertz CT molecular complexity index is 893. The van der Waals surface area contributed by atoms with Crippen molar-refractivity contribution in [2.45, 2.75) is 25.3 Å². The van der Waals surface area contributed by atoms with Gasteiger partial charge in [0.1, 0.15) is 5.69 Å². The quantitative estimate of drug-likeness (QED) is 0.647. The zero-order chi connectivity index (χ0) is 19.5. The molecule has 1 unspecified atom stereocenters. The molecule has 146 valence electrons. The third-order valence-electron chi connectivity index (χ3n) is 5.44. The summed E-state index contributed by atoms with van der Waals surface area (Å²) in [5, 5.41) is 15.0. The van der Waals surface area contributed by atoms with Crippen molar-refractivity contribution in [2.75, 3.05) is 31.6 Å². The lowest BCUT2D eigenvalue weighted by Crippen LogP contribution is -2.40. The van der Waals surface area contributed by atoms with Gasteiger partial charge in [0.2, 0.25) is 0 Å². The summed E-state index contributed by atoms with van der Waals surface area (Å²) in [4.78, 5) is 25.6. The van der Waals surface area contributed by atoms with E-state index in [0.717, 1.165) is 19.3 Å². The topological polar surface area (TPSA) is 84.7 Å². The van der Waals surface area contributed by atoms with E-state index in [0.29, 0.717) is 37.6 Å². The van der Waals surface area contributed by atoms with Gasteiger partial charge in [0.15, 0.2) is 0 Å². The lowest BCUT2D eigenvalue weighted by Gasteiger charge is -2.28. The van der Waals surface area contributed by atoms with Gasteiger partial charge >= 0.3 is 0 Å². The molecule has 1 aliphatic carbocycles. The van der Waals surface area contributed by atoms with Crippen molar-refractivity contribution in [1.82, 2.24) is 4.90 Å². The van der Waals surface area contributed by atoms with Gasteiger partial charge in [-0.3, -0.25) is 14.9 Å². The predicted molar refractivity (Wildman–Crippen MR) is 106 cm³/mol. The average Bonchev–Trinajstić information content (AvgIpc) is 2.74. The molecule has 4 rings (SSSR count). The minimum atomic E-state index is -0.423. The fraction of sp³-hybridized carbons (Fsp3) is 0.381. The SMILES string of the molecule is O=C(c1ccc(NC2CCCc3ccccc32)c([N+](=O)[O-])c1)N1CCOCC1. The highest BCUT2D eigenvalue weighted by atomic mass is 16.6. The van der Waals surface area contributed by atoms with E-state index in [2.05, 4.69) is 17.4 Å². The van der Waals surface area contributed by atoms with E-state index < -0.39 is 4.92 Å². The normalized spacial score (nSPS) is 19.0. The molecule has 0 spiro atoms. The third kappa shape index (κ3) is 3.71. The predicted octanol–water partition coefficient (Wildman–Crippen LogP) is 3.56. The Kier molecular flexibility index (Phi) is 5.25. The van der Waals surface area contributed by atoms with Gasteiger partial charge in [0, 0.05) is 24.7 Å². The standard InChI is InChI=1S/C21H23N3O4/c25-21(23-10-12-28-13-11-23)16-8-9-19(20(14-16)24(26)27)22-18-7-3-5-15-4-1-2-6-17(15)18/h1-2,4,6,8-9,14,18,22H,3,5,7,10-13H2. The van der Waals surface area contributed by atoms with Gasteiger partial charge in [0.05, 0.1) is 24.2 Å². The van der Waals surface area contributed by atoms with Crippen molar-refractivity contribution in [3.8, 4) is 0 Å². The Labute approximate surface area is 163 Å². The number of hydrogen-bond acceptors (Lipinski definition) is 5. The number of carbonyl (C=O) groups excluding carboxylic acids is 1. The maximum absolute atomic E-state index is 12.7. The monoisotopic (exact) mass is 381 g/mol. The molecule has 2 aliphatic rings. The Morgan fingerprint density at radius 1 is 1.18 bits per heavy atom. The van der Waals surface area contributed by atoms with Crippen LogP contribution in [-0.2, 0) is 11.2 Å². The molecule has 0 aromatic heterocycles. The van der Waals surface area contributed by atoms with Crippen LogP contribution < -0.4 is 5.32 Å². The number of rotatable bonds is 4. The molecule has 1 amide bonds. The third-order valence-corrected chi connectivity index (χ3v) is 5.44. The van der Waals surface area contributed by atoms with E-state index in [1.807, 2.05) is 12.1 Å². The van der Waals surface area contributed by atoms with Gasteiger partial charge in [0.25, 0.3) is 11.6 Å². The van der Waals surface area contributed by atoms with Gasteiger partial charge in [-0.15, -0.1) is 0 Å². The fourth-order valence-electron chi connectivity index (χ4n) is 3.98. The van der Waals surface area contributed by atoms with Crippen LogP contribution in [0.15, 0.2) is 42.5 Å². The van der Waals surface area contributed by atoms with Crippen LogP contribution in [0.4, 0.5) is 11.4 Å². The summed E-state index contributed by atoms with van der Waals surface area (Å²) in [7, 11) is 0. The van der Waals surface area contributed by atoms with Crippen molar-refractivity contribution < 1.29 is 14.5 Å². The number of anilines is 1. The number of hydrogen-bond donors (Lipinski definition) is 1. The van der Waals surface area contributed by atoms with Crippen LogP contribution in [-0.4, -0.2) is 42.0 Å². The van der Waals surface area contributed by atoms with Crippen molar-refractivity contribution in [2.24, 2.45) is 0 Å². The van der Waals surface area contributed by atoms with Gasteiger partial charge < -0.3 is 15.0 Å². The number of carbonyl (C=O) groups is 1. The summed E-state index contributed by atoms with van der Waals surface area (Å²) >= 11 is 0. The van der Waals surface area contributed by atoms with Crippen molar-refractivity contribution in [3.63, 3.8) is 0 Å². The van der Waals surface area contributed by atoms with Gasteiger partial charge in [-0.1, -0.05) is 24.3 Å². The molecule has 1 N–H and O–H groups in total. The van der Waals surface area contributed by atoms with Crippen LogP contribution in [0.3, 0.4) is 0 Å². The summed E-state index contributed by atoms with van der Waals surface area (Å²) in [6.07, 6.45) is 2.99. The summed E-state index contributed by atoms with van der Waals surface area (Å²) in [6, 6.07) is 13.0. The molecule has 0 bridgehead atoms. The van der Waals surface area contributed by atoms with Crippen LogP contribution in [0, 0.1) is 10.1 Å². The lowest BCUT2D eigenvalue weighted by molar-refractivity contribution is -0.384. The molecule has 0 radical (unpaired) electrons. The van der Waals surface area contributed by atoms with E-state index in [9.17, 15) is 14.9 Å². The Morgan fingerprint density at radius 3 is 2.75 bits per heavy atom. The highest BCUT2D eigenvalue weighted by molar-refractivity contribution is 5.95. The molecule has 7 nitrogen and oxygen atoms in total. The summed E-state index contributed by atoms with van der Waals surface area (Å²) < 4.78 is 5.27. The molecule has 1 heterocycles. The molecule has 28 heavy (non-hydrogen) atoms. The number of nitro groups is 1. The molecule has 7 heteroatoms. The molecule has 1 atom stereocenters. The second kappa shape index (κ2) is 7.98. The first-order valence-corrected chi connectivity index (χ1v) is 9.63. The second-order valence-corrected chi connectivity index (χ2v) is 7.18. The second-order valence-electron chi connectivity index (χ2n) is 7.18. The molecule has 1 aliphatic heterocycles. The molecule has 1 fully saturated rings. The number of aryl methyl sites for hydroxylation is 1. The van der Waals surface area contributed by atoms with Crippen molar-refractivity contribution >= 4 is 17.3 Å². The molecule has 2 aromatic carbocycles. The first kappa shape index (κ1) is 18.4. The molecule has 0 saturated carbocycles. The minimum Gasteiger partial charge on any atom is -0.378 e. The molecular weight excluding hydrogens is 358 g/mol. The Balaban J connectivity index is 1.60. The largest absolute Gasteiger partial charge is 0.378 e. The Hall–Kier alpha value is -2.93. The van der Waals surface area contributed by atoms with E-state index in [1.165, 1.54) is 17.2 Å². The maximum atomic E-state index is 12.7. The zero-order valence-electron chi connectivity index (χ0n) is 15.6. The average molecular weight is 381 g/mol. The summed E-state index contributed by atoms with van der Waals surface area (Å²) in [6.45, 7) is 2.00. The number of nitrogens with one attached hydrogen (secondary N) is 1. The molecular formula is C21H23N3O4. The Morgan fingerprint density at radius 2 is 1.96 bits per heavy atom. The molecule has 1 saturated heterocycles. The maximum Gasteiger partial charge on any atom is 0.293 e. The smallest absolute Gasteiger partial charge is 0.293 e. The zero-order valence-corrected chi connectivity index (χ0v) is 15.6. The van der Waals surface area contributed by atoms with Crippen LogP contribution in [0.1, 0.15) is 40.4 Å². The number of fused-ring (bicyclic) bond motifs is 1. The van der Waals surface area contributed by atoms with Gasteiger partial charge in [-0.25, -0.2) is 0 Å². The number of morpholine rings is 1. The fourth-order valence-corrected chi connectivity index (χ4v) is 3.98. The summed E-state index contributed by atoms with van der Waals surface area (Å²) in [5.74, 6) is -0.194. The van der Waals surface area contributed by atoms with Gasteiger partial charge in [-0.2, -0.15) is 0 Å². The first-order valence-electron chi connectivity index (χ1n) is 9.63. The van der Waals surface area contributed by atoms with E-state index >= 15 is 0 Å². The van der Waals surface area contributed by atoms with Crippen LogP contribution >= 0.6 is 0 Å². The highest BCUT2D eigenvalue weighted by Gasteiger charge is 2.25. The van der Waals surface area contributed by atoms with Crippen LogP contribution in [0.2, 0.25) is 0 Å². The number of ether oxygens (including phenoxy) is 1. The van der Waals surface area contributed by atoms with Crippen molar-refractivity contribution in [1.29, 1.82) is 0 Å². The first-order chi connectivity index (χ1) is 13.6. The summed E-state index contributed by atoms with van der Waals surface area (Å²) in [5.41, 5.74) is 3.19. The van der Waals surface area contributed by atoms with Crippen LogP contribution in [0.5, 0.6) is 0 Å². The van der Waals surface area contributed by atoms with Gasteiger partial charge in [-0.05, 0) is 42.5 Å². The lowest BCUT2D eigenvalue weighted by atomic mass is 9.87. The number of benzene rings is 2. The molecule has 2 aromatic rings. The number of amides is 1. The van der Waals surface area contributed by atoms with E-state index in [-0.39, 0.29) is 17.6 Å². The number of nitro benzene ring substituents is 1. The van der Waals surface area contributed by atoms with Crippen LogP contribution in [0.25, 0.3) is 0 Å². The van der Waals surface area contributed by atoms with E-state index in [1.54, 1.807) is 17.0 Å². The number of nitrogens with zero attached hydrogens (tertiary/aromatic N) is 2. The highest BCUT2D eigenvalue weighted by Crippen LogP contribution is 2.35. The van der Waals surface area contributed by atoms with E-state index in [4.69, 9.17) is 4.74 Å².